The molecule has 6 nitrogen and oxygen atoms in total. The SMILES string of the molecule is Cc1cc(N2C[C@H](C(=O)Nc3ccn(C)n3)CC2=O)ccc1Br. The summed E-state index contributed by atoms with van der Waals surface area (Å²) in [5.41, 5.74) is 1.88. The fourth-order valence-corrected chi connectivity index (χ4v) is 2.89. The van der Waals surface area contributed by atoms with E-state index >= 15 is 0 Å². The van der Waals surface area contributed by atoms with Gasteiger partial charge in [0.1, 0.15) is 0 Å². The molecule has 23 heavy (non-hydrogen) atoms. The number of nitrogens with zero attached hydrogens (tertiary/aromatic N) is 3. The molecule has 1 saturated heterocycles. The van der Waals surface area contributed by atoms with E-state index in [0.717, 1.165) is 15.7 Å². The van der Waals surface area contributed by atoms with E-state index in [1.807, 2.05) is 25.1 Å². The van der Waals surface area contributed by atoms with Crippen LogP contribution in [0.3, 0.4) is 0 Å². The molecular weight excluding hydrogens is 360 g/mol. The molecule has 0 unspecified atom stereocenters. The Kier molecular flexibility index (Phi) is 4.21. The normalized spacial score (nSPS) is 17.6. The van der Waals surface area contributed by atoms with Crippen LogP contribution in [0.4, 0.5) is 11.5 Å². The topological polar surface area (TPSA) is 67.2 Å². The molecule has 2 aromatic rings. The first kappa shape index (κ1) is 15.7. The van der Waals surface area contributed by atoms with Crippen LogP contribution in [0.25, 0.3) is 0 Å². The van der Waals surface area contributed by atoms with Crippen molar-refractivity contribution < 1.29 is 9.59 Å². The molecule has 1 aliphatic rings. The first-order valence-corrected chi connectivity index (χ1v) is 8.10. The van der Waals surface area contributed by atoms with Crippen LogP contribution in [0.2, 0.25) is 0 Å². The number of anilines is 2. The van der Waals surface area contributed by atoms with Gasteiger partial charge in [-0.1, -0.05) is 15.9 Å². The van der Waals surface area contributed by atoms with Gasteiger partial charge in [-0.25, -0.2) is 0 Å². The van der Waals surface area contributed by atoms with Gasteiger partial charge in [0, 0.05) is 42.4 Å². The molecule has 120 valence electrons. The Hall–Kier alpha value is -2.15. The second-order valence-electron chi connectivity index (χ2n) is 5.70. The zero-order chi connectivity index (χ0) is 16.6. The predicted octanol–water partition coefficient (Wildman–Crippen LogP) is 2.48. The molecule has 3 rings (SSSR count). The molecule has 1 fully saturated rings. The van der Waals surface area contributed by atoms with Gasteiger partial charge in [0.25, 0.3) is 0 Å². The Morgan fingerprint density at radius 3 is 2.83 bits per heavy atom. The van der Waals surface area contributed by atoms with E-state index in [4.69, 9.17) is 0 Å². The highest BCUT2D eigenvalue weighted by molar-refractivity contribution is 9.10. The van der Waals surface area contributed by atoms with E-state index in [1.54, 1.807) is 28.9 Å². The van der Waals surface area contributed by atoms with E-state index in [-0.39, 0.29) is 24.2 Å². The molecule has 2 heterocycles. The Bertz CT molecular complexity index is 771. The fourth-order valence-electron chi connectivity index (χ4n) is 2.64. The lowest BCUT2D eigenvalue weighted by molar-refractivity contribution is -0.122. The molecule has 1 aliphatic heterocycles. The number of halogens is 1. The van der Waals surface area contributed by atoms with Crippen LogP contribution in [0, 0.1) is 12.8 Å². The lowest BCUT2D eigenvalue weighted by atomic mass is 10.1. The van der Waals surface area contributed by atoms with E-state index in [2.05, 4.69) is 26.3 Å². The van der Waals surface area contributed by atoms with Crippen LogP contribution in [0.15, 0.2) is 34.9 Å². The van der Waals surface area contributed by atoms with E-state index < -0.39 is 0 Å². The zero-order valence-corrected chi connectivity index (χ0v) is 14.5. The van der Waals surface area contributed by atoms with Crippen molar-refractivity contribution in [1.29, 1.82) is 0 Å². The highest BCUT2D eigenvalue weighted by atomic mass is 79.9. The van der Waals surface area contributed by atoms with Gasteiger partial charge < -0.3 is 10.2 Å². The molecule has 2 amide bonds. The van der Waals surface area contributed by atoms with Crippen molar-refractivity contribution in [3.8, 4) is 0 Å². The maximum Gasteiger partial charge on any atom is 0.231 e. The van der Waals surface area contributed by atoms with Gasteiger partial charge in [0.15, 0.2) is 5.82 Å². The minimum Gasteiger partial charge on any atom is -0.312 e. The van der Waals surface area contributed by atoms with Crippen molar-refractivity contribution in [2.45, 2.75) is 13.3 Å². The van der Waals surface area contributed by atoms with Crippen LogP contribution in [-0.2, 0) is 16.6 Å². The Labute approximate surface area is 142 Å². The van der Waals surface area contributed by atoms with Crippen molar-refractivity contribution in [3.63, 3.8) is 0 Å². The molecule has 1 aromatic carbocycles. The zero-order valence-electron chi connectivity index (χ0n) is 12.9. The number of aryl methyl sites for hydroxylation is 2. The standard InChI is InChI=1S/C16H17BrN4O2/c1-10-7-12(3-4-13(10)17)21-9-11(8-15(21)22)16(23)18-14-5-6-20(2)19-14/h3-7,11H,8-9H2,1-2H3,(H,18,19,23)/t11-/m1/s1. The summed E-state index contributed by atoms with van der Waals surface area (Å²) in [5, 5.41) is 6.88. The number of hydrogen-bond acceptors (Lipinski definition) is 3. The number of carbonyl (C=O) groups excluding carboxylic acids is 2. The molecule has 7 heteroatoms. The van der Waals surface area contributed by atoms with E-state index in [1.165, 1.54) is 0 Å². The molecule has 0 bridgehead atoms. The third-order valence-corrected chi connectivity index (χ3v) is 4.80. The van der Waals surface area contributed by atoms with Gasteiger partial charge in [-0.3, -0.25) is 14.3 Å². The minimum atomic E-state index is -0.367. The van der Waals surface area contributed by atoms with Gasteiger partial charge in [-0.15, -0.1) is 0 Å². The molecule has 0 spiro atoms. The Balaban J connectivity index is 1.71. The van der Waals surface area contributed by atoms with Gasteiger partial charge in [-0.05, 0) is 30.7 Å². The summed E-state index contributed by atoms with van der Waals surface area (Å²) in [6.45, 7) is 2.36. The first-order chi connectivity index (χ1) is 10.9. The molecule has 0 saturated carbocycles. The second kappa shape index (κ2) is 6.16. The number of nitrogens with one attached hydrogen (secondary N) is 1. The van der Waals surface area contributed by atoms with Crippen molar-refractivity contribution in [3.05, 3.63) is 40.5 Å². The van der Waals surface area contributed by atoms with Crippen molar-refractivity contribution in [2.24, 2.45) is 13.0 Å². The second-order valence-corrected chi connectivity index (χ2v) is 6.56. The van der Waals surface area contributed by atoms with Crippen LogP contribution < -0.4 is 10.2 Å². The summed E-state index contributed by atoms with van der Waals surface area (Å²) in [6.07, 6.45) is 1.97. The maximum absolute atomic E-state index is 12.3. The van der Waals surface area contributed by atoms with E-state index in [9.17, 15) is 9.59 Å². The maximum atomic E-state index is 12.3. The summed E-state index contributed by atoms with van der Waals surface area (Å²) in [5.74, 6) is -0.0716. The van der Waals surface area contributed by atoms with Crippen molar-refractivity contribution >= 4 is 39.2 Å². The number of rotatable bonds is 3. The van der Waals surface area contributed by atoms with Crippen LogP contribution >= 0.6 is 15.9 Å². The molecule has 1 N–H and O–H groups in total. The molecule has 1 aromatic heterocycles. The number of benzene rings is 1. The molecular formula is C16H17BrN4O2. The molecule has 1 atom stereocenters. The predicted molar refractivity (Wildman–Crippen MR) is 91.2 cm³/mol. The summed E-state index contributed by atoms with van der Waals surface area (Å²) >= 11 is 3.45. The van der Waals surface area contributed by atoms with Crippen LogP contribution in [-0.4, -0.2) is 28.1 Å². The minimum absolute atomic E-state index is 0.0344. The van der Waals surface area contributed by atoms with Gasteiger partial charge in [0.2, 0.25) is 11.8 Å². The lowest BCUT2D eigenvalue weighted by Crippen LogP contribution is -2.28. The summed E-state index contributed by atoms with van der Waals surface area (Å²) < 4.78 is 2.61. The largest absolute Gasteiger partial charge is 0.312 e. The van der Waals surface area contributed by atoms with Gasteiger partial charge in [-0.2, -0.15) is 5.10 Å². The monoisotopic (exact) mass is 376 g/mol. The number of carbonyl (C=O) groups is 2. The fraction of sp³-hybridized carbons (Fsp3) is 0.312. The first-order valence-electron chi connectivity index (χ1n) is 7.31. The highest BCUT2D eigenvalue weighted by Crippen LogP contribution is 2.29. The summed E-state index contributed by atoms with van der Waals surface area (Å²) in [7, 11) is 1.78. The number of amides is 2. The Morgan fingerprint density at radius 2 is 2.17 bits per heavy atom. The average molecular weight is 377 g/mol. The molecule has 0 aliphatic carbocycles. The molecule has 0 radical (unpaired) electrons. The van der Waals surface area contributed by atoms with Gasteiger partial charge >= 0.3 is 0 Å². The highest BCUT2D eigenvalue weighted by Gasteiger charge is 2.35. The van der Waals surface area contributed by atoms with E-state index in [0.29, 0.717) is 12.4 Å². The average Bonchev–Trinajstić information content (AvgIpc) is 3.08. The number of hydrogen-bond donors (Lipinski definition) is 1. The number of aromatic nitrogens is 2. The lowest BCUT2D eigenvalue weighted by Gasteiger charge is -2.17. The van der Waals surface area contributed by atoms with Crippen molar-refractivity contribution in [1.82, 2.24) is 9.78 Å². The van der Waals surface area contributed by atoms with Crippen LogP contribution in [0.1, 0.15) is 12.0 Å². The summed E-state index contributed by atoms with van der Waals surface area (Å²) in [4.78, 5) is 26.2. The summed E-state index contributed by atoms with van der Waals surface area (Å²) in [6, 6.07) is 7.47. The van der Waals surface area contributed by atoms with Crippen molar-refractivity contribution in [2.75, 3.05) is 16.8 Å². The third-order valence-electron chi connectivity index (χ3n) is 3.91. The van der Waals surface area contributed by atoms with Gasteiger partial charge in [0.05, 0.1) is 5.92 Å². The smallest absolute Gasteiger partial charge is 0.231 e. The quantitative estimate of drug-likeness (QED) is 0.894. The third kappa shape index (κ3) is 3.29. The Morgan fingerprint density at radius 1 is 1.39 bits per heavy atom. The van der Waals surface area contributed by atoms with Crippen LogP contribution in [0.5, 0.6) is 0 Å².